The van der Waals surface area contributed by atoms with Gasteiger partial charge in [0.2, 0.25) is 5.95 Å². The van der Waals surface area contributed by atoms with Gasteiger partial charge in [-0.25, -0.2) is 9.37 Å². The smallest absolute Gasteiger partial charge is 0.272 e. The van der Waals surface area contributed by atoms with E-state index in [1.807, 2.05) is 30.0 Å². The van der Waals surface area contributed by atoms with Gasteiger partial charge >= 0.3 is 0 Å². The topological polar surface area (TPSA) is 79.2 Å². The summed E-state index contributed by atoms with van der Waals surface area (Å²) in [4.78, 5) is 26.5. The molecule has 0 unspecified atom stereocenters. The molecule has 0 atom stereocenters. The molecule has 1 saturated heterocycles. The molecule has 184 valence electrons. The summed E-state index contributed by atoms with van der Waals surface area (Å²) in [6, 6.07) is 17.9. The first-order chi connectivity index (χ1) is 17.4. The molecule has 1 aliphatic heterocycles. The normalized spacial score (nSPS) is 13.7. The Morgan fingerprint density at radius 1 is 0.917 bits per heavy atom. The van der Waals surface area contributed by atoms with Gasteiger partial charge in [0.25, 0.3) is 5.91 Å². The number of benzene rings is 2. The summed E-state index contributed by atoms with van der Waals surface area (Å²) in [5.41, 5.74) is 4.95. The minimum atomic E-state index is -0.306. The number of hydrogen-bond acceptors (Lipinski definition) is 6. The van der Waals surface area contributed by atoms with E-state index in [0.717, 1.165) is 22.8 Å². The SMILES string of the molecule is Cc1ccc(Nc2cc(C)nc(N3CCN(C(=O)c4cc(-c5ccc(F)cc5)nn4C)CC3)n2)cc1. The maximum absolute atomic E-state index is 13.3. The second-order valence-corrected chi connectivity index (χ2v) is 9.01. The van der Waals surface area contributed by atoms with Crippen molar-refractivity contribution >= 4 is 23.4 Å². The Labute approximate surface area is 209 Å². The van der Waals surface area contributed by atoms with Crippen LogP contribution < -0.4 is 10.2 Å². The molecular weight excluding hydrogens is 457 g/mol. The van der Waals surface area contributed by atoms with E-state index in [1.54, 1.807) is 29.9 Å². The van der Waals surface area contributed by atoms with Crippen LogP contribution in [-0.2, 0) is 7.05 Å². The second-order valence-electron chi connectivity index (χ2n) is 9.01. The average molecular weight is 486 g/mol. The van der Waals surface area contributed by atoms with Gasteiger partial charge in [-0.2, -0.15) is 10.1 Å². The number of hydrogen-bond donors (Lipinski definition) is 1. The van der Waals surface area contributed by atoms with Gasteiger partial charge in [0.15, 0.2) is 0 Å². The van der Waals surface area contributed by atoms with E-state index in [0.29, 0.717) is 43.5 Å². The van der Waals surface area contributed by atoms with E-state index in [2.05, 4.69) is 39.4 Å². The number of amides is 1. The molecule has 4 aromatic rings. The predicted molar refractivity (Wildman–Crippen MR) is 138 cm³/mol. The zero-order valence-corrected chi connectivity index (χ0v) is 20.6. The lowest BCUT2D eigenvalue weighted by Gasteiger charge is -2.34. The van der Waals surface area contributed by atoms with Crippen LogP contribution in [0.3, 0.4) is 0 Å². The third-order valence-electron chi connectivity index (χ3n) is 6.26. The molecule has 8 nitrogen and oxygen atoms in total. The fourth-order valence-corrected chi connectivity index (χ4v) is 4.24. The van der Waals surface area contributed by atoms with Crippen LogP contribution in [0.2, 0.25) is 0 Å². The first-order valence-corrected chi connectivity index (χ1v) is 11.9. The standard InChI is InChI=1S/C27H28FN7O/c1-18-4-10-22(11-5-18)30-25-16-19(2)29-27(31-25)35-14-12-34(13-15-35)26(36)24-17-23(32-33(24)3)20-6-8-21(28)9-7-20/h4-11,16-17H,12-15H2,1-3H3,(H,29,30,31). The molecule has 2 aromatic heterocycles. The van der Waals surface area contributed by atoms with E-state index >= 15 is 0 Å². The summed E-state index contributed by atoms with van der Waals surface area (Å²) in [5, 5.41) is 7.81. The molecule has 1 N–H and O–H groups in total. The van der Waals surface area contributed by atoms with Crippen LogP contribution in [0.5, 0.6) is 0 Å². The molecule has 36 heavy (non-hydrogen) atoms. The highest BCUT2D eigenvalue weighted by Crippen LogP contribution is 2.22. The highest BCUT2D eigenvalue weighted by molar-refractivity contribution is 5.94. The van der Waals surface area contributed by atoms with Crippen LogP contribution in [0, 0.1) is 19.7 Å². The van der Waals surface area contributed by atoms with Crippen molar-refractivity contribution in [1.82, 2.24) is 24.6 Å². The summed E-state index contributed by atoms with van der Waals surface area (Å²) in [6.07, 6.45) is 0. The van der Waals surface area contributed by atoms with Crippen LogP contribution in [0.15, 0.2) is 60.7 Å². The first-order valence-electron chi connectivity index (χ1n) is 11.9. The highest BCUT2D eigenvalue weighted by Gasteiger charge is 2.26. The Bertz CT molecular complexity index is 1370. The summed E-state index contributed by atoms with van der Waals surface area (Å²) in [5.74, 6) is 1.00. The van der Waals surface area contributed by atoms with E-state index in [1.165, 1.54) is 17.7 Å². The lowest BCUT2D eigenvalue weighted by Crippen LogP contribution is -2.49. The van der Waals surface area contributed by atoms with Gasteiger partial charge in [-0.1, -0.05) is 17.7 Å². The molecule has 0 saturated carbocycles. The molecule has 1 aliphatic rings. The lowest BCUT2D eigenvalue weighted by atomic mass is 10.1. The quantitative estimate of drug-likeness (QED) is 0.453. The summed E-state index contributed by atoms with van der Waals surface area (Å²) >= 11 is 0. The fourth-order valence-electron chi connectivity index (χ4n) is 4.24. The lowest BCUT2D eigenvalue weighted by molar-refractivity contribution is 0.0735. The molecule has 1 amide bonds. The van der Waals surface area contributed by atoms with Gasteiger partial charge in [-0.05, 0) is 56.3 Å². The fraction of sp³-hybridized carbons (Fsp3) is 0.259. The van der Waals surface area contributed by atoms with Gasteiger partial charge in [0, 0.05) is 56.2 Å². The number of aromatic nitrogens is 4. The van der Waals surface area contributed by atoms with Crippen molar-refractivity contribution in [3.63, 3.8) is 0 Å². The largest absolute Gasteiger partial charge is 0.340 e. The van der Waals surface area contributed by atoms with Crippen LogP contribution in [-0.4, -0.2) is 56.7 Å². The van der Waals surface area contributed by atoms with E-state index in [9.17, 15) is 9.18 Å². The maximum atomic E-state index is 13.3. The van der Waals surface area contributed by atoms with Crippen molar-refractivity contribution in [3.8, 4) is 11.3 Å². The molecule has 0 spiro atoms. The number of rotatable bonds is 5. The minimum absolute atomic E-state index is 0.0788. The average Bonchev–Trinajstić information content (AvgIpc) is 3.26. The summed E-state index contributed by atoms with van der Waals surface area (Å²) in [6.45, 7) is 6.36. The van der Waals surface area contributed by atoms with Crippen LogP contribution in [0.4, 0.5) is 21.8 Å². The van der Waals surface area contributed by atoms with Crippen molar-refractivity contribution in [2.75, 3.05) is 36.4 Å². The third kappa shape index (κ3) is 5.05. The van der Waals surface area contributed by atoms with Crippen LogP contribution in [0.1, 0.15) is 21.7 Å². The van der Waals surface area contributed by atoms with Crippen LogP contribution in [0.25, 0.3) is 11.3 Å². The number of piperazine rings is 1. The molecule has 2 aromatic carbocycles. The van der Waals surface area contributed by atoms with E-state index in [4.69, 9.17) is 4.98 Å². The third-order valence-corrected chi connectivity index (χ3v) is 6.26. The molecule has 0 radical (unpaired) electrons. The number of nitrogens with zero attached hydrogens (tertiary/aromatic N) is 6. The monoisotopic (exact) mass is 485 g/mol. The van der Waals surface area contributed by atoms with Gasteiger partial charge in [-0.15, -0.1) is 0 Å². The minimum Gasteiger partial charge on any atom is -0.340 e. The number of nitrogens with one attached hydrogen (secondary N) is 1. The van der Waals surface area contributed by atoms with Gasteiger partial charge in [0.05, 0.1) is 5.69 Å². The number of anilines is 3. The van der Waals surface area contributed by atoms with Crippen molar-refractivity contribution < 1.29 is 9.18 Å². The second kappa shape index (κ2) is 9.77. The molecule has 0 bridgehead atoms. The Morgan fingerprint density at radius 3 is 2.31 bits per heavy atom. The number of carbonyl (C=O) groups is 1. The highest BCUT2D eigenvalue weighted by atomic mass is 19.1. The van der Waals surface area contributed by atoms with Crippen molar-refractivity contribution in [3.05, 3.63) is 83.4 Å². The summed E-state index contributed by atoms with van der Waals surface area (Å²) in [7, 11) is 1.75. The molecular formula is C27H28FN7O. The molecule has 0 aliphatic carbocycles. The van der Waals surface area contributed by atoms with Crippen molar-refractivity contribution in [2.24, 2.45) is 7.05 Å². The van der Waals surface area contributed by atoms with E-state index < -0.39 is 0 Å². The zero-order chi connectivity index (χ0) is 25.2. The first kappa shape index (κ1) is 23.5. The number of carbonyl (C=O) groups excluding carboxylic acids is 1. The van der Waals surface area contributed by atoms with Gasteiger partial charge in [-0.3, -0.25) is 9.48 Å². The predicted octanol–water partition coefficient (Wildman–Crippen LogP) is 4.34. The molecule has 9 heteroatoms. The molecule has 5 rings (SSSR count). The molecule has 3 heterocycles. The van der Waals surface area contributed by atoms with Gasteiger partial charge < -0.3 is 15.1 Å². The van der Waals surface area contributed by atoms with Crippen molar-refractivity contribution in [1.29, 1.82) is 0 Å². The maximum Gasteiger partial charge on any atom is 0.272 e. The van der Waals surface area contributed by atoms with Crippen LogP contribution >= 0.6 is 0 Å². The Kier molecular flexibility index (Phi) is 6.37. The zero-order valence-electron chi connectivity index (χ0n) is 20.6. The number of halogens is 1. The van der Waals surface area contributed by atoms with Gasteiger partial charge in [0.1, 0.15) is 17.3 Å². The molecule has 1 fully saturated rings. The Morgan fingerprint density at radius 2 is 1.61 bits per heavy atom. The van der Waals surface area contributed by atoms with Crippen molar-refractivity contribution in [2.45, 2.75) is 13.8 Å². The van der Waals surface area contributed by atoms with E-state index in [-0.39, 0.29) is 11.7 Å². The summed E-state index contributed by atoms with van der Waals surface area (Å²) < 4.78 is 14.8. The Balaban J connectivity index is 1.26. The Hall–Kier alpha value is -4.27. The number of aryl methyl sites for hydroxylation is 3.